The molecule has 0 aromatic heterocycles. The Morgan fingerprint density at radius 2 is 1.70 bits per heavy atom. The molecule has 1 heterocycles. The zero-order valence-corrected chi connectivity index (χ0v) is 14.3. The molecule has 138 valence electrons. The number of hydroxylamine groups is 2. The van der Waals surface area contributed by atoms with Crippen molar-refractivity contribution in [2.75, 3.05) is 0 Å². The summed E-state index contributed by atoms with van der Waals surface area (Å²) in [6.07, 6.45) is 4.22. The third-order valence-corrected chi connectivity index (χ3v) is 5.16. The molecule has 27 heavy (non-hydrogen) atoms. The van der Waals surface area contributed by atoms with Crippen molar-refractivity contribution in [1.29, 1.82) is 0 Å². The maximum Gasteiger partial charge on any atom is 0.336 e. The molecule has 0 spiro atoms. The minimum absolute atomic E-state index is 0.0993. The Balaban J connectivity index is 1.73. The fourth-order valence-electron chi connectivity index (χ4n) is 3.80. The Morgan fingerprint density at radius 3 is 2.37 bits per heavy atom. The summed E-state index contributed by atoms with van der Waals surface area (Å²) < 4.78 is 0. The summed E-state index contributed by atoms with van der Waals surface area (Å²) in [5, 5.41) is 12.2. The second-order valence-corrected chi connectivity index (χ2v) is 6.77. The van der Waals surface area contributed by atoms with Gasteiger partial charge in [-0.25, -0.2) is 4.79 Å². The van der Waals surface area contributed by atoms with Crippen LogP contribution in [0.2, 0.25) is 0 Å². The van der Waals surface area contributed by atoms with Crippen molar-refractivity contribution in [2.45, 2.75) is 32.1 Å². The van der Waals surface area contributed by atoms with E-state index < -0.39 is 22.7 Å². The fourth-order valence-corrected chi connectivity index (χ4v) is 3.80. The lowest BCUT2D eigenvalue weighted by Gasteiger charge is -2.27. The van der Waals surface area contributed by atoms with Crippen LogP contribution in [-0.4, -0.2) is 27.8 Å². The number of hydrogen-bond donors (Lipinski definition) is 0. The number of nitro groups is 1. The molecule has 0 atom stereocenters. The summed E-state index contributed by atoms with van der Waals surface area (Å²) in [7, 11) is 0. The Labute approximate surface area is 153 Å². The highest BCUT2D eigenvalue weighted by Crippen LogP contribution is 2.35. The van der Waals surface area contributed by atoms with Crippen LogP contribution < -0.4 is 0 Å². The monoisotopic (exact) mass is 368 g/mol. The molecule has 0 N–H and O–H groups in total. The number of hydrogen-bond acceptors (Lipinski definition) is 6. The summed E-state index contributed by atoms with van der Waals surface area (Å²) in [5.74, 6) is -2.49. The third kappa shape index (κ3) is 2.73. The number of carbonyl (C=O) groups excluding carboxylic acids is 3. The molecule has 4 rings (SSSR count). The van der Waals surface area contributed by atoms with Crippen molar-refractivity contribution in [1.82, 2.24) is 5.06 Å². The fraction of sp³-hybridized carbons (Fsp3) is 0.316. The number of imide groups is 1. The minimum Gasteiger partial charge on any atom is -0.329 e. The Kier molecular flexibility index (Phi) is 4.10. The predicted octanol–water partition coefficient (Wildman–Crippen LogP) is 3.38. The van der Waals surface area contributed by atoms with E-state index in [1.54, 1.807) is 0 Å². The van der Waals surface area contributed by atoms with Gasteiger partial charge in [-0.1, -0.05) is 30.4 Å². The summed E-state index contributed by atoms with van der Waals surface area (Å²) >= 11 is 0. The van der Waals surface area contributed by atoms with Gasteiger partial charge in [-0.2, -0.15) is 0 Å². The Morgan fingerprint density at radius 1 is 1.04 bits per heavy atom. The second-order valence-electron chi connectivity index (χ2n) is 6.77. The molecular weight excluding hydrogens is 352 g/mol. The molecule has 1 saturated carbocycles. The molecule has 2 amide bonds. The largest absolute Gasteiger partial charge is 0.336 e. The quantitative estimate of drug-likeness (QED) is 0.467. The van der Waals surface area contributed by atoms with Gasteiger partial charge in [0.2, 0.25) is 0 Å². The molecule has 0 saturated heterocycles. The van der Waals surface area contributed by atoms with E-state index in [-0.39, 0.29) is 33.5 Å². The molecule has 2 aromatic carbocycles. The SMILES string of the molecule is O=C(ON1C(=O)c2cccc3c([N+](=O)[O-])ccc(c23)C1=O)C1CCCCC1. The van der Waals surface area contributed by atoms with E-state index in [4.69, 9.17) is 4.84 Å². The zero-order chi connectivity index (χ0) is 19.1. The number of nitro benzene ring substituents is 1. The van der Waals surface area contributed by atoms with Crippen LogP contribution >= 0.6 is 0 Å². The smallest absolute Gasteiger partial charge is 0.329 e. The maximum absolute atomic E-state index is 12.8. The second kappa shape index (κ2) is 6.46. The molecule has 1 aliphatic heterocycles. The van der Waals surface area contributed by atoms with Gasteiger partial charge >= 0.3 is 5.97 Å². The molecule has 1 aliphatic carbocycles. The van der Waals surface area contributed by atoms with E-state index in [2.05, 4.69) is 0 Å². The van der Waals surface area contributed by atoms with Crippen LogP contribution in [0.15, 0.2) is 30.3 Å². The van der Waals surface area contributed by atoms with Gasteiger partial charge in [0, 0.05) is 11.5 Å². The lowest BCUT2D eigenvalue weighted by molar-refractivity contribution is -0.383. The van der Waals surface area contributed by atoms with E-state index >= 15 is 0 Å². The molecule has 8 heteroatoms. The van der Waals surface area contributed by atoms with Crippen molar-refractivity contribution in [2.24, 2.45) is 5.92 Å². The van der Waals surface area contributed by atoms with Crippen LogP contribution in [0, 0.1) is 16.0 Å². The predicted molar refractivity (Wildman–Crippen MR) is 93.8 cm³/mol. The number of non-ortho nitro benzene ring substituents is 1. The van der Waals surface area contributed by atoms with Crippen LogP contribution in [0.25, 0.3) is 10.8 Å². The zero-order valence-electron chi connectivity index (χ0n) is 14.3. The van der Waals surface area contributed by atoms with Crippen molar-refractivity contribution in [3.05, 3.63) is 51.6 Å². The number of benzene rings is 2. The molecule has 2 aliphatic rings. The Hall–Kier alpha value is -3.29. The van der Waals surface area contributed by atoms with Gasteiger partial charge in [-0.15, -0.1) is 0 Å². The molecular formula is C19H16N2O6. The number of carbonyl (C=O) groups is 3. The number of amides is 2. The van der Waals surface area contributed by atoms with Gasteiger partial charge in [0.05, 0.1) is 27.4 Å². The van der Waals surface area contributed by atoms with Gasteiger partial charge in [0.25, 0.3) is 17.5 Å². The average molecular weight is 368 g/mol. The molecule has 8 nitrogen and oxygen atoms in total. The molecule has 0 bridgehead atoms. The van der Waals surface area contributed by atoms with Crippen LogP contribution in [-0.2, 0) is 9.63 Å². The van der Waals surface area contributed by atoms with Crippen LogP contribution in [0.1, 0.15) is 52.8 Å². The average Bonchev–Trinajstić information content (AvgIpc) is 2.69. The first-order valence-corrected chi connectivity index (χ1v) is 8.79. The number of nitrogens with zero attached hydrogens (tertiary/aromatic N) is 2. The maximum atomic E-state index is 12.8. The normalized spacial score (nSPS) is 17.3. The van der Waals surface area contributed by atoms with Gasteiger partial charge in [0.1, 0.15) is 0 Å². The standard InChI is InChI=1S/C19H16N2O6/c22-17-13-8-4-7-12-15(21(25)26)10-9-14(16(12)13)18(23)20(17)27-19(24)11-5-2-1-3-6-11/h4,7-11H,1-3,5-6H2. The lowest BCUT2D eigenvalue weighted by Crippen LogP contribution is -2.43. The van der Waals surface area contributed by atoms with E-state index in [1.165, 1.54) is 30.3 Å². The van der Waals surface area contributed by atoms with Gasteiger partial charge in [-0.05, 0) is 31.0 Å². The summed E-state index contributed by atoms with van der Waals surface area (Å²) in [6, 6.07) is 6.97. The summed E-state index contributed by atoms with van der Waals surface area (Å²) in [6.45, 7) is 0. The van der Waals surface area contributed by atoms with Crippen LogP contribution in [0.4, 0.5) is 5.69 Å². The summed E-state index contributed by atoms with van der Waals surface area (Å²) in [5.41, 5.74) is 0.00772. The third-order valence-electron chi connectivity index (χ3n) is 5.16. The highest BCUT2D eigenvalue weighted by atomic mass is 16.7. The topological polar surface area (TPSA) is 107 Å². The first-order valence-electron chi connectivity index (χ1n) is 8.79. The van der Waals surface area contributed by atoms with Gasteiger partial charge in [0.15, 0.2) is 0 Å². The van der Waals surface area contributed by atoms with Crippen LogP contribution in [0.5, 0.6) is 0 Å². The molecule has 0 unspecified atom stereocenters. The number of rotatable bonds is 3. The molecule has 1 fully saturated rings. The van der Waals surface area contributed by atoms with Crippen molar-refractivity contribution < 1.29 is 24.1 Å². The lowest BCUT2D eigenvalue weighted by atomic mass is 9.89. The van der Waals surface area contributed by atoms with Crippen molar-refractivity contribution in [3.8, 4) is 0 Å². The first-order chi connectivity index (χ1) is 13.0. The minimum atomic E-state index is -0.789. The highest BCUT2D eigenvalue weighted by Gasteiger charge is 2.38. The van der Waals surface area contributed by atoms with Gasteiger partial charge in [-0.3, -0.25) is 19.7 Å². The van der Waals surface area contributed by atoms with E-state index in [9.17, 15) is 24.5 Å². The van der Waals surface area contributed by atoms with Gasteiger partial charge < -0.3 is 4.84 Å². The van der Waals surface area contributed by atoms with Crippen LogP contribution in [0.3, 0.4) is 0 Å². The van der Waals surface area contributed by atoms with E-state index in [0.717, 1.165) is 19.3 Å². The Bertz CT molecular complexity index is 971. The van der Waals surface area contributed by atoms with E-state index in [1.807, 2.05) is 0 Å². The van der Waals surface area contributed by atoms with Crippen molar-refractivity contribution >= 4 is 34.2 Å². The summed E-state index contributed by atoms with van der Waals surface area (Å²) in [4.78, 5) is 53.8. The van der Waals surface area contributed by atoms with Crippen molar-refractivity contribution in [3.63, 3.8) is 0 Å². The molecule has 2 aromatic rings. The van der Waals surface area contributed by atoms with E-state index in [0.29, 0.717) is 17.9 Å². The highest BCUT2D eigenvalue weighted by molar-refractivity contribution is 6.26. The molecule has 0 radical (unpaired) electrons. The first kappa shape index (κ1) is 17.1.